The zero-order valence-electron chi connectivity index (χ0n) is 8.86. The number of amides is 1. The summed E-state index contributed by atoms with van der Waals surface area (Å²) in [5.41, 5.74) is -0.0176. The first kappa shape index (κ1) is 13.9. The van der Waals surface area contributed by atoms with Crippen LogP contribution in [0.1, 0.15) is 4.88 Å². The molecule has 17 heavy (non-hydrogen) atoms. The number of rotatable bonds is 5. The van der Waals surface area contributed by atoms with Gasteiger partial charge >= 0.3 is 7.60 Å². The summed E-state index contributed by atoms with van der Waals surface area (Å²) in [5.74, 6) is -0.697. The van der Waals surface area contributed by atoms with Crippen LogP contribution in [0.5, 0.6) is 0 Å². The van der Waals surface area contributed by atoms with Crippen LogP contribution < -0.4 is 5.32 Å². The van der Waals surface area contributed by atoms with Crippen LogP contribution in [0, 0.1) is 0 Å². The Kier molecular flexibility index (Phi) is 4.83. The number of hydrogen-bond acceptors (Lipinski definition) is 5. The molecule has 0 aliphatic heterocycles. The first-order chi connectivity index (χ1) is 7.94. The van der Waals surface area contributed by atoms with Crippen molar-refractivity contribution in [1.82, 2.24) is 5.32 Å². The summed E-state index contributed by atoms with van der Waals surface area (Å²) in [4.78, 5) is 34.0. The lowest BCUT2D eigenvalue weighted by Crippen LogP contribution is -2.32. The SMILES string of the molecule is CO/N=C(/C(=O)NCP(=O)(O)O)c1cccs1. The topological polar surface area (TPSA) is 108 Å². The lowest BCUT2D eigenvalue weighted by Gasteiger charge is -2.07. The van der Waals surface area contributed by atoms with E-state index < -0.39 is 19.8 Å². The molecule has 0 saturated carbocycles. The van der Waals surface area contributed by atoms with E-state index in [4.69, 9.17) is 9.79 Å². The van der Waals surface area contributed by atoms with E-state index >= 15 is 0 Å². The van der Waals surface area contributed by atoms with Gasteiger partial charge in [-0.25, -0.2) is 0 Å². The average Bonchev–Trinajstić information content (AvgIpc) is 2.74. The maximum Gasteiger partial charge on any atom is 0.344 e. The summed E-state index contributed by atoms with van der Waals surface area (Å²) < 4.78 is 10.6. The molecule has 94 valence electrons. The zero-order valence-corrected chi connectivity index (χ0v) is 10.6. The molecule has 3 N–H and O–H groups in total. The van der Waals surface area contributed by atoms with E-state index in [1.54, 1.807) is 17.5 Å². The van der Waals surface area contributed by atoms with Gasteiger partial charge in [-0.2, -0.15) is 0 Å². The minimum Gasteiger partial charge on any atom is -0.398 e. The van der Waals surface area contributed by atoms with Gasteiger partial charge in [-0.3, -0.25) is 9.36 Å². The molecular weight excluding hydrogens is 267 g/mol. The van der Waals surface area contributed by atoms with E-state index in [0.717, 1.165) is 0 Å². The molecule has 0 atom stereocenters. The highest BCUT2D eigenvalue weighted by molar-refractivity contribution is 7.51. The van der Waals surface area contributed by atoms with Crippen LogP contribution in [-0.2, 0) is 14.2 Å². The second-order valence-corrected chi connectivity index (χ2v) is 5.52. The van der Waals surface area contributed by atoms with Gasteiger partial charge in [0.15, 0.2) is 5.71 Å². The number of carbonyl (C=O) groups excluding carboxylic acids is 1. The lowest BCUT2D eigenvalue weighted by molar-refractivity contribution is -0.114. The summed E-state index contributed by atoms with van der Waals surface area (Å²) in [6.45, 7) is 0. The number of nitrogens with zero attached hydrogens (tertiary/aromatic N) is 1. The van der Waals surface area contributed by atoms with Gasteiger partial charge in [-0.1, -0.05) is 11.2 Å². The number of thiophene rings is 1. The van der Waals surface area contributed by atoms with Gasteiger partial charge < -0.3 is 19.9 Å². The highest BCUT2D eigenvalue weighted by Gasteiger charge is 2.20. The van der Waals surface area contributed by atoms with Crippen molar-refractivity contribution in [1.29, 1.82) is 0 Å². The zero-order chi connectivity index (χ0) is 12.9. The molecule has 9 heteroatoms. The smallest absolute Gasteiger partial charge is 0.344 e. The Morgan fingerprint density at radius 1 is 1.65 bits per heavy atom. The molecule has 0 aliphatic rings. The lowest BCUT2D eigenvalue weighted by atomic mass is 10.3. The Bertz CT molecular complexity index is 452. The Morgan fingerprint density at radius 2 is 2.35 bits per heavy atom. The molecule has 0 unspecified atom stereocenters. The second-order valence-electron chi connectivity index (χ2n) is 2.93. The van der Waals surface area contributed by atoms with Crippen molar-refractivity contribution in [2.45, 2.75) is 0 Å². The summed E-state index contributed by atoms with van der Waals surface area (Å²) >= 11 is 1.27. The fraction of sp³-hybridized carbons (Fsp3) is 0.250. The van der Waals surface area contributed by atoms with Crippen LogP contribution >= 0.6 is 18.9 Å². The Balaban J connectivity index is 2.77. The van der Waals surface area contributed by atoms with Crippen LogP contribution in [0.15, 0.2) is 22.7 Å². The van der Waals surface area contributed by atoms with Gasteiger partial charge in [0.1, 0.15) is 13.4 Å². The van der Waals surface area contributed by atoms with Crippen LogP contribution in [0.3, 0.4) is 0 Å². The quantitative estimate of drug-likeness (QED) is 0.409. The van der Waals surface area contributed by atoms with Gasteiger partial charge in [-0.05, 0) is 11.4 Å². The first-order valence-corrected chi connectivity index (χ1v) is 7.09. The van der Waals surface area contributed by atoms with Crippen LogP contribution in [0.4, 0.5) is 0 Å². The van der Waals surface area contributed by atoms with Gasteiger partial charge in [0.2, 0.25) is 0 Å². The number of oxime groups is 1. The highest BCUT2D eigenvalue weighted by Crippen LogP contribution is 2.31. The van der Waals surface area contributed by atoms with Crippen LogP contribution in [0.2, 0.25) is 0 Å². The van der Waals surface area contributed by atoms with Crippen LogP contribution in [0.25, 0.3) is 0 Å². The molecule has 0 spiro atoms. The molecule has 1 amide bonds. The highest BCUT2D eigenvalue weighted by atomic mass is 32.1. The van der Waals surface area contributed by atoms with E-state index in [-0.39, 0.29) is 5.71 Å². The largest absolute Gasteiger partial charge is 0.398 e. The molecule has 1 aromatic heterocycles. The fourth-order valence-corrected chi connectivity index (χ4v) is 2.01. The molecule has 0 fully saturated rings. The van der Waals surface area contributed by atoms with E-state index in [0.29, 0.717) is 4.88 Å². The third kappa shape index (κ3) is 4.66. The molecule has 0 aromatic carbocycles. The maximum absolute atomic E-state index is 11.6. The van der Waals surface area contributed by atoms with E-state index in [1.807, 2.05) is 0 Å². The summed E-state index contributed by atoms with van der Waals surface area (Å²) in [6, 6.07) is 3.38. The third-order valence-electron chi connectivity index (χ3n) is 1.60. The fourth-order valence-electron chi connectivity index (χ4n) is 0.961. The summed E-state index contributed by atoms with van der Waals surface area (Å²) in [6.07, 6.45) is -0.736. The first-order valence-electron chi connectivity index (χ1n) is 4.42. The molecule has 1 aromatic rings. The normalized spacial score (nSPS) is 12.3. The van der Waals surface area contributed by atoms with Crippen molar-refractivity contribution in [3.05, 3.63) is 22.4 Å². The predicted octanol–water partition coefficient (Wildman–Crippen LogP) is 0.350. The maximum atomic E-state index is 11.6. The van der Waals surface area contributed by atoms with E-state index in [1.165, 1.54) is 18.4 Å². The molecule has 0 aliphatic carbocycles. The van der Waals surface area contributed by atoms with Crippen molar-refractivity contribution in [2.75, 3.05) is 13.4 Å². The van der Waals surface area contributed by atoms with Crippen molar-refractivity contribution in [3.8, 4) is 0 Å². The van der Waals surface area contributed by atoms with Gasteiger partial charge in [0, 0.05) is 0 Å². The third-order valence-corrected chi connectivity index (χ3v) is 3.04. The van der Waals surface area contributed by atoms with Crippen molar-refractivity contribution >= 4 is 30.6 Å². The predicted molar refractivity (Wildman–Crippen MR) is 62.9 cm³/mol. The van der Waals surface area contributed by atoms with E-state index in [2.05, 4.69) is 15.3 Å². The standard InChI is InChI=1S/C8H11N2O5PS/c1-15-10-7(6-3-2-4-17-6)8(11)9-5-16(12,13)14/h2-4H,5H2,1H3,(H,9,11)(H2,12,13,14)/b10-7+. The Morgan fingerprint density at radius 3 is 2.82 bits per heavy atom. The van der Waals surface area contributed by atoms with Gasteiger partial charge in [0.05, 0.1) is 4.88 Å². The summed E-state index contributed by atoms with van der Waals surface area (Å²) in [7, 11) is -3.00. The molecule has 1 rings (SSSR count). The number of hydrogen-bond donors (Lipinski definition) is 3. The monoisotopic (exact) mass is 278 g/mol. The minimum atomic E-state index is -4.28. The molecule has 7 nitrogen and oxygen atoms in total. The Labute approximate surface area is 101 Å². The molecule has 0 saturated heterocycles. The minimum absolute atomic E-state index is 0.0176. The van der Waals surface area contributed by atoms with Gasteiger partial charge in [-0.15, -0.1) is 11.3 Å². The molecule has 0 radical (unpaired) electrons. The van der Waals surface area contributed by atoms with E-state index in [9.17, 15) is 9.36 Å². The molecule has 0 bridgehead atoms. The Hall–Kier alpha value is -1.21. The molecule has 1 heterocycles. The molecular formula is C8H11N2O5PS. The average molecular weight is 278 g/mol. The summed E-state index contributed by atoms with van der Waals surface area (Å²) in [5, 5.41) is 7.37. The number of nitrogens with one attached hydrogen (secondary N) is 1. The number of carbonyl (C=O) groups is 1. The van der Waals surface area contributed by atoms with Crippen molar-refractivity contribution in [3.63, 3.8) is 0 Å². The second kappa shape index (κ2) is 5.92. The van der Waals surface area contributed by atoms with Crippen LogP contribution in [-0.4, -0.2) is 34.8 Å². The van der Waals surface area contributed by atoms with Gasteiger partial charge in [0.25, 0.3) is 5.91 Å². The van der Waals surface area contributed by atoms with Crippen molar-refractivity contribution < 1.29 is 24.0 Å². The van der Waals surface area contributed by atoms with Crippen molar-refractivity contribution in [2.24, 2.45) is 5.16 Å².